The molecular weight excluding hydrogens is 823 g/mol. The molecule has 11 aromatic carbocycles. The molecule has 0 fully saturated rings. The molecule has 2 spiro atoms. The summed E-state index contributed by atoms with van der Waals surface area (Å²) in [5.41, 5.74) is 24.9. The van der Waals surface area contributed by atoms with Gasteiger partial charge in [-0.15, -0.1) is 0 Å². The summed E-state index contributed by atoms with van der Waals surface area (Å²) in [6.07, 6.45) is 0. The van der Waals surface area contributed by atoms with Crippen molar-refractivity contribution in [2.24, 2.45) is 0 Å². The second kappa shape index (κ2) is 13.0. The first-order valence-corrected chi connectivity index (χ1v) is 23.8. The first kappa shape index (κ1) is 36.5. The van der Waals surface area contributed by atoms with Crippen LogP contribution < -0.4 is 4.90 Å². The fraction of sp³-hybridized carbons (Fsp3) is 0.0303. The van der Waals surface area contributed by atoms with Gasteiger partial charge in [0.1, 0.15) is 5.58 Å². The van der Waals surface area contributed by atoms with Crippen LogP contribution in [0.25, 0.3) is 77.2 Å². The molecule has 1 heterocycles. The molecule has 0 amide bonds. The number of anilines is 3. The molecule has 68 heavy (non-hydrogen) atoms. The number of hydrogen-bond donors (Lipinski definition) is 0. The van der Waals surface area contributed by atoms with E-state index in [2.05, 4.69) is 241 Å². The Bertz CT molecular complexity index is 4100. The van der Waals surface area contributed by atoms with Crippen molar-refractivity contribution in [1.82, 2.24) is 0 Å². The lowest BCUT2D eigenvalue weighted by Gasteiger charge is -2.32. The van der Waals surface area contributed by atoms with E-state index < -0.39 is 10.8 Å². The van der Waals surface area contributed by atoms with Gasteiger partial charge in [-0.3, -0.25) is 0 Å². The van der Waals surface area contributed by atoms with Gasteiger partial charge in [0.05, 0.1) is 22.2 Å². The minimum atomic E-state index is -0.489. The second-order valence-corrected chi connectivity index (χ2v) is 19.0. The van der Waals surface area contributed by atoms with E-state index in [9.17, 15) is 0 Å². The van der Waals surface area contributed by atoms with Crippen molar-refractivity contribution < 1.29 is 4.42 Å². The summed E-state index contributed by atoms with van der Waals surface area (Å²) in [5.74, 6) is 0. The molecule has 0 atom stereocenters. The number of benzene rings is 11. The van der Waals surface area contributed by atoms with E-state index in [1.54, 1.807) is 0 Å². The highest BCUT2D eigenvalue weighted by molar-refractivity contribution is 6.21. The predicted molar refractivity (Wildman–Crippen MR) is 279 cm³/mol. The van der Waals surface area contributed by atoms with Crippen LogP contribution in [0.15, 0.2) is 241 Å². The maximum atomic E-state index is 7.15. The molecule has 0 unspecified atom stereocenters. The van der Waals surface area contributed by atoms with Gasteiger partial charge in [0.15, 0.2) is 5.58 Å². The Balaban J connectivity index is 1.02. The molecule has 0 saturated carbocycles. The van der Waals surface area contributed by atoms with Crippen molar-refractivity contribution in [2.45, 2.75) is 10.8 Å². The first-order valence-electron chi connectivity index (χ1n) is 23.8. The molecule has 2 nitrogen and oxygen atoms in total. The molecule has 12 aromatic rings. The monoisotopic (exact) mass is 861 g/mol. The molecule has 1 aromatic heterocycles. The first-order chi connectivity index (χ1) is 33.8. The van der Waals surface area contributed by atoms with Crippen molar-refractivity contribution in [3.05, 3.63) is 281 Å². The van der Waals surface area contributed by atoms with Crippen LogP contribution in [0.2, 0.25) is 0 Å². The van der Waals surface area contributed by atoms with Gasteiger partial charge in [-0.2, -0.15) is 0 Å². The number of rotatable bonds is 3. The molecule has 314 valence electrons. The minimum Gasteiger partial charge on any atom is -0.454 e. The summed E-state index contributed by atoms with van der Waals surface area (Å²) in [5, 5.41) is 4.64. The zero-order valence-corrected chi connectivity index (χ0v) is 36.9. The van der Waals surface area contributed by atoms with Crippen LogP contribution >= 0.6 is 0 Å². The molecule has 4 aliphatic carbocycles. The van der Waals surface area contributed by atoms with Crippen molar-refractivity contribution in [3.63, 3.8) is 0 Å². The van der Waals surface area contributed by atoms with Crippen molar-refractivity contribution in [1.29, 1.82) is 0 Å². The van der Waals surface area contributed by atoms with E-state index in [1.807, 2.05) is 0 Å². The van der Waals surface area contributed by atoms with E-state index in [1.165, 1.54) is 99.8 Å². The van der Waals surface area contributed by atoms with Crippen molar-refractivity contribution >= 4 is 49.8 Å². The van der Waals surface area contributed by atoms with Gasteiger partial charge in [-0.1, -0.05) is 206 Å². The molecule has 0 N–H and O–H groups in total. The molecule has 0 aliphatic heterocycles. The molecular formula is C66H39NO. The molecule has 2 heteroatoms. The standard InChI is InChI=1S/C66H39NO/c1-2-18-42-40(17-1)35-38-61-62(42)49-25-15-34-60(64(49)68-61)67(41-36-37-57-50(39-41)47-23-7-13-30-55(47)65(57)51-26-9-3-19-43(51)44-20-4-10-27-52(44)65)59-33-16-32-58-63(59)48-24-8-14-31-56(48)66(58)53-28-11-5-21-45(53)46-22-6-12-29-54(46)66/h1-39H. The van der Waals surface area contributed by atoms with Gasteiger partial charge in [-0.05, 0) is 125 Å². The molecule has 0 radical (unpaired) electrons. The zero-order valence-electron chi connectivity index (χ0n) is 36.9. The zero-order chi connectivity index (χ0) is 44.3. The lowest BCUT2D eigenvalue weighted by Crippen LogP contribution is -2.26. The van der Waals surface area contributed by atoms with Gasteiger partial charge < -0.3 is 9.32 Å². The van der Waals surface area contributed by atoms with Crippen LogP contribution in [0.5, 0.6) is 0 Å². The highest BCUT2D eigenvalue weighted by Crippen LogP contribution is 2.66. The van der Waals surface area contributed by atoms with Crippen LogP contribution in [0.4, 0.5) is 17.1 Å². The Kier molecular flexibility index (Phi) is 6.98. The lowest BCUT2D eigenvalue weighted by atomic mass is 9.70. The maximum absolute atomic E-state index is 7.15. The average molecular weight is 862 g/mol. The third-order valence-electron chi connectivity index (χ3n) is 16.1. The van der Waals surface area contributed by atoms with E-state index in [0.29, 0.717) is 0 Å². The van der Waals surface area contributed by atoms with Gasteiger partial charge in [0.25, 0.3) is 0 Å². The van der Waals surface area contributed by atoms with Gasteiger partial charge in [-0.25, -0.2) is 0 Å². The molecule has 0 bridgehead atoms. The van der Waals surface area contributed by atoms with Crippen LogP contribution in [0.3, 0.4) is 0 Å². The fourth-order valence-electron chi connectivity index (χ4n) is 13.7. The number of para-hydroxylation sites is 1. The highest BCUT2D eigenvalue weighted by atomic mass is 16.3. The third-order valence-corrected chi connectivity index (χ3v) is 16.1. The summed E-state index contributed by atoms with van der Waals surface area (Å²) in [6.45, 7) is 0. The van der Waals surface area contributed by atoms with E-state index in [-0.39, 0.29) is 0 Å². The van der Waals surface area contributed by atoms with Crippen molar-refractivity contribution in [3.8, 4) is 44.5 Å². The Labute approximate surface area is 393 Å². The topological polar surface area (TPSA) is 16.4 Å². The maximum Gasteiger partial charge on any atom is 0.159 e. The smallest absolute Gasteiger partial charge is 0.159 e. The largest absolute Gasteiger partial charge is 0.454 e. The Hall–Kier alpha value is -8.72. The number of nitrogens with zero attached hydrogens (tertiary/aromatic N) is 1. The summed E-state index contributed by atoms with van der Waals surface area (Å²) >= 11 is 0. The van der Waals surface area contributed by atoms with Crippen molar-refractivity contribution in [2.75, 3.05) is 4.90 Å². The van der Waals surface area contributed by atoms with Crippen LogP contribution in [-0.4, -0.2) is 0 Å². The lowest BCUT2D eigenvalue weighted by molar-refractivity contribution is 0.669. The van der Waals surface area contributed by atoms with Gasteiger partial charge >= 0.3 is 0 Å². The van der Waals surface area contributed by atoms with E-state index in [0.717, 1.165) is 39.0 Å². The van der Waals surface area contributed by atoms with Crippen LogP contribution in [-0.2, 0) is 10.8 Å². The number of hydrogen-bond acceptors (Lipinski definition) is 2. The SMILES string of the molecule is c1ccc2c(c1)-c1ccccc1C21c2ccccc2-c2cc(N(c3cccc4c3-c3ccccc3C43c4ccccc4-c4ccccc43)c3cccc4c3oc3ccc5ccccc5c34)ccc21. The quantitative estimate of drug-likeness (QED) is 0.176. The van der Waals surface area contributed by atoms with Gasteiger partial charge in [0, 0.05) is 22.0 Å². The van der Waals surface area contributed by atoms with Crippen LogP contribution in [0.1, 0.15) is 44.5 Å². The highest BCUT2D eigenvalue weighted by Gasteiger charge is 2.54. The summed E-state index contributed by atoms with van der Waals surface area (Å²) < 4.78 is 7.15. The summed E-state index contributed by atoms with van der Waals surface area (Å²) in [7, 11) is 0. The average Bonchev–Trinajstić information content (AvgIpc) is 4.18. The fourth-order valence-corrected chi connectivity index (χ4v) is 13.7. The third kappa shape index (κ3) is 4.26. The normalized spacial score (nSPS) is 14.4. The number of furan rings is 1. The molecule has 16 rings (SSSR count). The van der Waals surface area contributed by atoms with Gasteiger partial charge in [0.2, 0.25) is 0 Å². The number of fused-ring (bicyclic) bond motifs is 25. The predicted octanol–water partition coefficient (Wildman–Crippen LogP) is 16.9. The molecule has 4 aliphatic rings. The Morgan fingerprint density at radius 2 is 0.750 bits per heavy atom. The van der Waals surface area contributed by atoms with Crippen LogP contribution in [0, 0.1) is 0 Å². The van der Waals surface area contributed by atoms with E-state index in [4.69, 9.17) is 4.42 Å². The summed E-state index contributed by atoms with van der Waals surface area (Å²) in [6, 6.07) is 88.5. The Morgan fingerprint density at radius 1 is 0.309 bits per heavy atom. The molecule has 0 saturated heterocycles. The summed E-state index contributed by atoms with van der Waals surface area (Å²) in [4.78, 5) is 2.51. The van der Waals surface area contributed by atoms with E-state index >= 15 is 0 Å². The Morgan fingerprint density at radius 3 is 1.37 bits per heavy atom. The minimum absolute atomic E-state index is 0.440. The second-order valence-electron chi connectivity index (χ2n) is 19.0.